The smallest absolute Gasteiger partial charge is 0.384 e. The minimum atomic E-state index is 0. The summed E-state index contributed by atoms with van der Waals surface area (Å²) >= 11 is 0. The van der Waals surface area contributed by atoms with Crippen molar-refractivity contribution >= 4 is 55.5 Å². The molecule has 0 amide bonds. The van der Waals surface area contributed by atoms with E-state index in [9.17, 15) is 0 Å². The Hall–Kier alpha value is -5.64. The predicted octanol–water partition coefficient (Wildman–Crippen LogP) is 12.0. The average molecular weight is 859 g/mol. The van der Waals surface area contributed by atoms with E-state index in [1.54, 1.807) is 0 Å². The molecule has 11 heteroatoms. The van der Waals surface area contributed by atoms with Gasteiger partial charge >= 0.3 is 17.1 Å². The van der Waals surface area contributed by atoms with Crippen LogP contribution in [0.1, 0.15) is 103 Å². The fourth-order valence-electron chi connectivity index (χ4n) is 8.63. The number of hydrogen-bond donors (Lipinski definition) is 2. The van der Waals surface area contributed by atoms with Gasteiger partial charge in [0, 0.05) is 69.3 Å². The van der Waals surface area contributed by atoms with Crippen LogP contribution in [0.2, 0.25) is 0 Å². The first-order chi connectivity index (χ1) is 29.6. The van der Waals surface area contributed by atoms with Gasteiger partial charge in [0.05, 0.1) is 23.3 Å². The summed E-state index contributed by atoms with van der Waals surface area (Å²) in [6.45, 7) is 10.6. The summed E-state index contributed by atoms with van der Waals surface area (Å²) in [4.78, 5) is 42.4. The zero-order valence-corrected chi connectivity index (χ0v) is 36.6. The second-order valence-corrected chi connectivity index (χ2v) is 16.1. The predicted molar refractivity (Wildman–Crippen MR) is 247 cm³/mol. The topological polar surface area (TPSA) is 130 Å². The van der Waals surface area contributed by atoms with E-state index in [0.717, 1.165) is 145 Å². The molecule has 5 heterocycles. The molecule has 0 fully saturated rings. The van der Waals surface area contributed by atoms with Crippen molar-refractivity contribution < 1.29 is 17.1 Å². The minimum Gasteiger partial charge on any atom is -0.384 e. The second-order valence-electron chi connectivity index (χ2n) is 16.1. The van der Waals surface area contributed by atoms with Crippen molar-refractivity contribution in [1.29, 1.82) is 0 Å². The second kappa shape index (κ2) is 19.0. The largest absolute Gasteiger partial charge is 2.00 e. The molecule has 0 saturated heterocycles. The molecule has 2 N–H and O–H groups in total. The van der Waals surface area contributed by atoms with Crippen LogP contribution < -0.4 is 20.6 Å². The molecule has 10 nitrogen and oxygen atoms in total. The van der Waals surface area contributed by atoms with Crippen molar-refractivity contribution in [3.8, 4) is 45.6 Å². The van der Waals surface area contributed by atoms with Gasteiger partial charge in [0.25, 0.3) is 0 Å². The summed E-state index contributed by atoms with van der Waals surface area (Å²) in [5.41, 5.74) is 10.4. The molecule has 7 aromatic rings. The Morgan fingerprint density at radius 3 is 1.26 bits per heavy atom. The van der Waals surface area contributed by atoms with Gasteiger partial charge in [-0.25, -0.2) is 9.97 Å². The van der Waals surface area contributed by atoms with Crippen LogP contribution in [0.3, 0.4) is 0 Å². The van der Waals surface area contributed by atoms with Crippen molar-refractivity contribution in [3.05, 3.63) is 83.9 Å². The van der Waals surface area contributed by atoms with Gasteiger partial charge in [-0.1, -0.05) is 127 Å². The van der Waals surface area contributed by atoms with E-state index in [0.29, 0.717) is 45.9 Å². The van der Waals surface area contributed by atoms with Crippen molar-refractivity contribution in [2.45, 2.75) is 105 Å². The van der Waals surface area contributed by atoms with E-state index in [4.69, 9.17) is 39.9 Å². The number of nitrogens with one attached hydrogen (secondary N) is 2. The normalized spacial score (nSPS) is 11.7. The summed E-state index contributed by atoms with van der Waals surface area (Å²) in [7, 11) is 0. The Labute approximate surface area is 368 Å². The number of aromatic nitrogens is 8. The van der Waals surface area contributed by atoms with Gasteiger partial charge in [-0.05, 0) is 83.3 Å². The van der Waals surface area contributed by atoms with Crippen LogP contribution >= 0.6 is 0 Å². The van der Waals surface area contributed by atoms with Crippen LogP contribution in [0.25, 0.3) is 89.7 Å². The molecule has 2 aliphatic heterocycles. The molecule has 315 valence electrons. The fraction of sp³-hybridized carbons (Fsp3) is 0.360. The van der Waals surface area contributed by atoms with E-state index in [1.165, 1.54) is 11.1 Å². The Morgan fingerprint density at radius 2 is 0.836 bits per heavy atom. The average Bonchev–Trinajstić information content (AvgIpc) is 4.01. The molecular formula is C50H54CuN10. The minimum absolute atomic E-state index is 0. The van der Waals surface area contributed by atoms with Gasteiger partial charge in [-0.2, -0.15) is 0 Å². The third kappa shape index (κ3) is 8.26. The van der Waals surface area contributed by atoms with Gasteiger partial charge in [0.2, 0.25) is 0 Å². The van der Waals surface area contributed by atoms with Crippen LogP contribution in [0.15, 0.2) is 72.8 Å². The summed E-state index contributed by atoms with van der Waals surface area (Å²) < 4.78 is 0. The molecule has 0 aliphatic carbocycles. The van der Waals surface area contributed by atoms with Crippen molar-refractivity contribution in [3.63, 3.8) is 0 Å². The van der Waals surface area contributed by atoms with Crippen molar-refractivity contribution in [2.75, 3.05) is 23.7 Å². The van der Waals surface area contributed by atoms with E-state index in [1.807, 2.05) is 0 Å². The molecule has 9 rings (SSSR count). The summed E-state index contributed by atoms with van der Waals surface area (Å²) in [5.74, 6) is 2.30. The Kier molecular flexibility index (Phi) is 13.1. The maximum absolute atomic E-state index is 5.36. The first-order valence-electron chi connectivity index (χ1n) is 22.3. The number of fused-ring (bicyclic) bond motifs is 20. The Bertz CT molecular complexity index is 2660. The summed E-state index contributed by atoms with van der Waals surface area (Å²) in [5, 5.41) is 11.3. The number of aryl methyl sites for hydroxylation is 2. The van der Waals surface area contributed by atoms with Crippen LogP contribution in [-0.2, 0) is 29.9 Å². The molecule has 0 atom stereocenters. The molecule has 0 saturated carbocycles. The van der Waals surface area contributed by atoms with Crippen molar-refractivity contribution in [2.24, 2.45) is 0 Å². The van der Waals surface area contributed by atoms with E-state index in [-0.39, 0.29) is 17.1 Å². The summed E-state index contributed by atoms with van der Waals surface area (Å²) in [6.07, 6.45) is 12.9. The molecular weight excluding hydrogens is 804 g/mol. The molecule has 4 aromatic carbocycles. The number of benzene rings is 4. The third-order valence-corrected chi connectivity index (χ3v) is 11.8. The van der Waals surface area contributed by atoms with Crippen LogP contribution in [0, 0.1) is 0 Å². The SMILES string of the molecule is CCCCCc1cccc2c3nc4nc(nc5[n-]c(nc6nc(nc([n-]3)c12)-c1cccc(NCCCC)c1-6)c1cccc(CCCCC)c51)-c1cccc(NCCCC)c1-4.[Cu+2]. The Balaban J connectivity index is 0.00000514. The number of nitrogens with zero attached hydrogens (tertiary/aromatic N) is 8. The molecule has 61 heavy (non-hydrogen) atoms. The fourth-order valence-corrected chi connectivity index (χ4v) is 8.63. The maximum atomic E-state index is 5.36. The first-order valence-corrected chi connectivity index (χ1v) is 22.3. The molecule has 1 radical (unpaired) electrons. The molecule has 0 unspecified atom stereocenters. The van der Waals surface area contributed by atoms with Gasteiger partial charge in [-0.3, -0.25) is 0 Å². The van der Waals surface area contributed by atoms with Gasteiger partial charge < -0.3 is 40.5 Å². The quantitative estimate of drug-likeness (QED) is 0.0715. The summed E-state index contributed by atoms with van der Waals surface area (Å²) in [6, 6.07) is 25.4. The van der Waals surface area contributed by atoms with Crippen molar-refractivity contribution in [1.82, 2.24) is 39.9 Å². The zero-order valence-electron chi connectivity index (χ0n) is 35.7. The number of anilines is 2. The van der Waals surface area contributed by atoms with Gasteiger partial charge in [0.15, 0.2) is 0 Å². The number of hydrogen-bond acceptors (Lipinski definition) is 8. The van der Waals surface area contributed by atoms with E-state index >= 15 is 0 Å². The van der Waals surface area contributed by atoms with Crippen LogP contribution in [0.4, 0.5) is 11.4 Å². The Morgan fingerprint density at radius 1 is 0.426 bits per heavy atom. The van der Waals surface area contributed by atoms with E-state index < -0.39 is 0 Å². The monoisotopic (exact) mass is 857 g/mol. The molecule has 8 bridgehead atoms. The molecule has 0 spiro atoms. The maximum Gasteiger partial charge on any atom is 2.00 e. The number of unbranched alkanes of at least 4 members (excludes halogenated alkanes) is 6. The molecule has 2 aliphatic rings. The zero-order chi connectivity index (χ0) is 41.0. The molecule has 3 aromatic heterocycles. The standard InChI is InChI=1S/C50H54N10.Cu/c1-5-9-13-19-31-21-15-23-33-39(31)47-53-43(33)57-49-42-36(26-18-28-38(42)52-30-12-8-4)46(60-49)56-48-40-32(20-14-10-6-2)22-16-24-34(40)44(54-48)58-50-41-35(45(55-47)59-50)25-17-27-37(41)51-29-11-7-3;/h15-18,21-28,51-52H,5-14,19-20,29-30H2,1-4H3;/q-2;+2. The van der Waals surface area contributed by atoms with Crippen LogP contribution in [-0.4, -0.2) is 43.0 Å². The third-order valence-electron chi connectivity index (χ3n) is 11.8. The van der Waals surface area contributed by atoms with Gasteiger partial charge in [0.1, 0.15) is 0 Å². The first kappa shape index (κ1) is 42.1. The van der Waals surface area contributed by atoms with Gasteiger partial charge in [-0.15, -0.1) is 0 Å². The number of rotatable bonds is 16. The van der Waals surface area contributed by atoms with Crippen LogP contribution in [0.5, 0.6) is 0 Å². The van der Waals surface area contributed by atoms with E-state index in [2.05, 4.69) is 111 Å².